The summed E-state index contributed by atoms with van der Waals surface area (Å²) in [7, 11) is 0. The van der Waals surface area contributed by atoms with E-state index in [0.717, 1.165) is 28.7 Å². The summed E-state index contributed by atoms with van der Waals surface area (Å²) in [6, 6.07) is 6.70. The molecule has 3 heterocycles. The smallest absolute Gasteiger partial charge is 0.209 e. The maximum Gasteiger partial charge on any atom is 0.209 e. The molecule has 0 atom stereocenters. The monoisotopic (exact) mass is 437 g/mol. The Morgan fingerprint density at radius 2 is 1.87 bits per heavy atom. The third-order valence-corrected chi connectivity index (χ3v) is 7.52. The highest BCUT2D eigenvalue weighted by Crippen LogP contribution is 2.38. The lowest BCUT2D eigenvalue weighted by Gasteiger charge is -2.10. The van der Waals surface area contributed by atoms with Gasteiger partial charge in [-0.05, 0) is 38.2 Å². The van der Waals surface area contributed by atoms with Gasteiger partial charge in [0, 0.05) is 16.0 Å². The van der Waals surface area contributed by atoms with E-state index in [9.17, 15) is 9.59 Å². The molecular weight excluding hydrogens is 418 g/mol. The van der Waals surface area contributed by atoms with Gasteiger partial charge in [-0.1, -0.05) is 36.0 Å². The summed E-state index contributed by atoms with van der Waals surface area (Å²) in [6.07, 6.45) is 4.48. The molecule has 7 nitrogen and oxygen atoms in total. The van der Waals surface area contributed by atoms with Gasteiger partial charge < -0.3 is 5.73 Å². The lowest BCUT2D eigenvalue weighted by molar-refractivity contribution is 0.100. The zero-order valence-electron chi connectivity index (χ0n) is 16.3. The minimum atomic E-state index is -0.0487. The number of thiophene rings is 1. The number of benzene rings is 1. The Morgan fingerprint density at radius 3 is 2.63 bits per heavy atom. The Morgan fingerprint density at radius 1 is 1.13 bits per heavy atom. The van der Waals surface area contributed by atoms with E-state index < -0.39 is 0 Å². The van der Waals surface area contributed by atoms with Crippen LogP contribution in [0.3, 0.4) is 0 Å². The topological polar surface area (TPSA) is 103 Å². The first-order valence-corrected chi connectivity index (χ1v) is 11.5. The van der Waals surface area contributed by atoms with Gasteiger partial charge in [0.1, 0.15) is 4.83 Å². The van der Waals surface area contributed by atoms with Crippen LogP contribution in [0.5, 0.6) is 0 Å². The van der Waals surface area contributed by atoms with Gasteiger partial charge in [0.25, 0.3) is 0 Å². The normalized spacial score (nSPS) is 13.6. The molecule has 0 aliphatic heterocycles. The molecule has 0 spiro atoms. The number of carbonyl (C=O) groups excluding carboxylic acids is 2. The average Bonchev–Trinajstić information content (AvgIpc) is 3.33. The van der Waals surface area contributed by atoms with Crippen molar-refractivity contribution in [3.63, 3.8) is 0 Å². The summed E-state index contributed by atoms with van der Waals surface area (Å²) in [5, 5.41) is 10.3. The maximum absolute atomic E-state index is 12.6. The Balaban J connectivity index is 1.45. The summed E-state index contributed by atoms with van der Waals surface area (Å²) < 4.78 is 1.75. The fourth-order valence-corrected chi connectivity index (χ4v) is 5.95. The Bertz CT molecular complexity index is 1310. The lowest BCUT2D eigenvalue weighted by Crippen LogP contribution is -2.06. The Labute approximate surface area is 180 Å². The van der Waals surface area contributed by atoms with Gasteiger partial charge in [-0.3, -0.25) is 9.59 Å². The molecule has 9 heteroatoms. The molecule has 1 aliphatic rings. The number of nitrogens with two attached hydrogens (primary N) is 1. The van der Waals surface area contributed by atoms with Crippen LogP contribution in [0, 0.1) is 0 Å². The van der Waals surface area contributed by atoms with Crippen molar-refractivity contribution >= 4 is 56.5 Å². The van der Waals surface area contributed by atoms with Crippen LogP contribution in [-0.4, -0.2) is 36.9 Å². The number of rotatable bonds is 5. The average molecular weight is 438 g/mol. The third kappa shape index (κ3) is 3.18. The first kappa shape index (κ1) is 19.2. The molecule has 0 amide bonds. The number of thioether (sulfide) groups is 1. The Hall–Kier alpha value is -2.78. The van der Waals surface area contributed by atoms with E-state index in [4.69, 9.17) is 5.73 Å². The predicted octanol–water partition coefficient (Wildman–Crippen LogP) is 3.98. The number of carbonyl (C=O) groups is 2. The second-order valence-corrected chi connectivity index (χ2v) is 9.37. The molecule has 0 saturated carbocycles. The van der Waals surface area contributed by atoms with Crippen LogP contribution in [0.4, 0.5) is 5.95 Å². The Kier molecular flexibility index (Phi) is 4.79. The maximum atomic E-state index is 12.6. The molecule has 30 heavy (non-hydrogen) atoms. The van der Waals surface area contributed by atoms with Crippen molar-refractivity contribution in [3.05, 3.63) is 45.8 Å². The SMILES string of the molecule is CC(=O)c1ccc(C(=O)CSc2nnc3c4c5c(sc4nc(N)n23)CCCC5)cc1. The van der Waals surface area contributed by atoms with E-state index >= 15 is 0 Å². The molecule has 0 bridgehead atoms. The number of Topliss-reactive ketones (excluding diaryl/α,β-unsaturated/α-hetero) is 2. The highest BCUT2D eigenvalue weighted by Gasteiger charge is 2.23. The van der Waals surface area contributed by atoms with Crippen LogP contribution in [-0.2, 0) is 12.8 Å². The molecule has 0 unspecified atom stereocenters. The molecule has 152 valence electrons. The predicted molar refractivity (Wildman–Crippen MR) is 119 cm³/mol. The van der Waals surface area contributed by atoms with E-state index in [2.05, 4.69) is 15.2 Å². The second-order valence-electron chi connectivity index (χ2n) is 7.35. The number of nitrogens with zero attached hydrogens (tertiary/aromatic N) is 4. The van der Waals surface area contributed by atoms with Gasteiger partial charge in [-0.2, -0.15) is 0 Å². The number of hydrogen-bond acceptors (Lipinski definition) is 8. The number of aryl methyl sites for hydroxylation is 2. The molecular formula is C21H19N5O2S2. The molecule has 5 rings (SSSR count). The first-order valence-electron chi connectivity index (χ1n) is 9.75. The van der Waals surface area contributed by atoms with Crippen LogP contribution in [0.15, 0.2) is 29.4 Å². The first-order chi connectivity index (χ1) is 14.5. The van der Waals surface area contributed by atoms with Crippen molar-refractivity contribution in [2.24, 2.45) is 0 Å². The lowest BCUT2D eigenvalue weighted by atomic mass is 9.97. The largest absolute Gasteiger partial charge is 0.369 e. The summed E-state index contributed by atoms with van der Waals surface area (Å²) in [5.74, 6) is 0.455. The van der Waals surface area contributed by atoms with Gasteiger partial charge in [0.2, 0.25) is 5.95 Å². The fourth-order valence-electron chi connectivity index (χ4n) is 3.85. The number of anilines is 1. The van der Waals surface area contributed by atoms with Crippen LogP contribution >= 0.6 is 23.1 Å². The summed E-state index contributed by atoms with van der Waals surface area (Å²) in [6.45, 7) is 1.50. The highest BCUT2D eigenvalue weighted by molar-refractivity contribution is 7.99. The number of ketones is 2. The molecule has 4 aromatic rings. The molecule has 3 aromatic heterocycles. The molecule has 2 N–H and O–H groups in total. The fraction of sp³-hybridized carbons (Fsp3) is 0.286. The summed E-state index contributed by atoms with van der Waals surface area (Å²) >= 11 is 2.99. The van der Waals surface area contributed by atoms with Crippen LogP contribution < -0.4 is 5.73 Å². The number of hydrogen-bond donors (Lipinski definition) is 1. The number of aromatic nitrogens is 4. The van der Waals surface area contributed by atoms with Gasteiger partial charge in [0.05, 0.1) is 11.1 Å². The molecule has 1 aliphatic carbocycles. The zero-order valence-corrected chi connectivity index (χ0v) is 18.0. The number of fused-ring (bicyclic) bond motifs is 5. The van der Waals surface area contributed by atoms with Gasteiger partial charge in [-0.15, -0.1) is 21.5 Å². The van der Waals surface area contributed by atoms with Crippen LogP contribution in [0.2, 0.25) is 0 Å². The minimum Gasteiger partial charge on any atom is -0.369 e. The minimum absolute atomic E-state index is 0.0248. The van der Waals surface area contributed by atoms with E-state index in [1.54, 1.807) is 40.0 Å². The standard InChI is InChI=1S/C21H19N5O2S2/c1-11(27)12-6-8-13(9-7-12)15(28)10-29-21-25-24-18-17-14-4-2-3-5-16(14)30-19(17)23-20(22)26(18)21/h6-9H,2-5,10H2,1H3,(H2,22,23). The van der Waals surface area contributed by atoms with Gasteiger partial charge >= 0.3 is 0 Å². The molecule has 0 radical (unpaired) electrons. The molecule has 0 fully saturated rings. The second kappa shape index (κ2) is 7.48. The van der Waals surface area contributed by atoms with Crippen molar-refractivity contribution in [2.45, 2.75) is 37.8 Å². The van der Waals surface area contributed by atoms with Crippen molar-refractivity contribution in [3.8, 4) is 0 Å². The van der Waals surface area contributed by atoms with Crippen LogP contribution in [0.25, 0.3) is 15.9 Å². The van der Waals surface area contributed by atoms with Crippen molar-refractivity contribution in [2.75, 3.05) is 11.5 Å². The molecule has 1 aromatic carbocycles. The summed E-state index contributed by atoms with van der Waals surface area (Å²) in [4.78, 5) is 30.9. The molecule has 0 saturated heterocycles. The third-order valence-electron chi connectivity index (χ3n) is 5.40. The van der Waals surface area contributed by atoms with E-state index in [0.29, 0.717) is 22.2 Å². The van der Waals surface area contributed by atoms with E-state index in [-0.39, 0.29) is 17.3 Å². The highest BCUT2D eigenvalue weighted by atomic mass is 32.2. The zero-order chi connectivity index (χ0) is 20.8. The van der Waals surface area contributed by atoms with Gasteiger partial charge in [-0.25, -0.2) is 9.38 Å². The van der Waals surface area contributed by atoms with E-state index in [1.807, 2.05) is 0 Å². The van der Waals surface area contributed by atoms with Gasteiger partial charge in [0.15, 0.2) is 22.4 Å². The summed E-state index contributed by atoms with van der Waals surface area (Å²) in [5.41, 5.74) is 9.42. The quantitative estimate of drug-likeness (QED) is 0.372. The number of nitrogen functional groups attached to an aromatic ring is 1. The van der Waals surface area contributed by atoms with Crippen molar-refractivity contribution < 1.29 is 9.59 Å². The van der Waals surface area contributed by atoms with Crippen molar-refractivity contribution in [1.82, 2.24) is 19.6 Å². The van der Waals surface area contributed by atoms with E-state index in [1.165, 1.54) is 42.0 Å². The van der Waals surface area contributed by atoms with Crippen LogP contribution in [0.1, 0.15) is 50.9 Å². The van der Waals surface area contributed by atoms with Crippen molar-refractivity contribution in [1.29, 1.82) is 0 Å².